The molecule has 3 fully saturated rings. The second-order valence-corrected chi connectivity index (χ2v) is 7.78. The van der Waals surface area contributed by atoms with Crippen LogP contribution in [0.5, 0.6) is 0 Å². The number of ether oxygens (including phenoxy) is 2. The Morgan fingerprint density at radius 3 is 2.53 bits per heavy atom. The molecule has 1 aromatic heterocycles. The molecule has 0 unspecified atom stereocenters. The van der Waals surface area contributed by atoms with Crippen molar-refractivity contribution in [3.63, 3.8) is 0 Å². The first-order chi connectivity index (χ1) is 14.2. The maximum absolute atomic E-state index is 12.8. The number of hydrogen-bond acceptors (Lipinski definition) is 5. The average Bonchev–Trinajstić information content (AvgIpc) is 3.44. The fraction of sp³-hybridized carbons (Fsp3) is 0.650. The summed E-state index contributed by atoms with van der Waals surface area (Å²) in [5.74, 6) is -1.93. The summed E-state index contributed by atoms with van der Waals surface area (Å²) in [5.41, 5.74) is 1.59. The monoisotopic (exact) mass is 430 g/mol. The Kier molecular flexibility index (Phi) is 6.97. The van der Waals surface area contributed by atoms with Crippen molar-refractivity contribution in [2.45, 2.75) is 57.0 Å². The summed E-state index contributed by atoms with van der Waals surface area (Å²) in [4.78, 5) is 27.9. The molecule has 0 bridgehead atoms. The minimum absolute atomic E-state index is 0.0323. The predicted molar refractivity (Wildman–Crippen MR) is 98.9 cm³/mol. The smallest absolute Gasteiger partial charge is 0.475 e. The first-order valence-electron chi connectivity index (χ1n) is 9.93. The van der Waals surface area contributed by atoms with E-state index in [0.717, 1.165) is 31.1 Å². The number of morpholine rings is 1. The standard InChI is InChI=1S/C18H24N2O3.C2HF3O2/c1-12-2-5-14(10-19-12)18(21)20-8-9-22-17-15(20)6-7-16(17)23-11-13-3-4-13;3-2(4,5)1(6)7/h2,5,10,13,15-17H,3-4,6-9,11H2,1H3;(H,6,7)/t15-,16+,17+;/m0./s1. The highest BCUT2D eigenvalue weighted by atomic mass is 19.4. The highest BCUT2D eigenvalue weighted by molar-refractivity contribution is 5.94. The molecular weight excluding hydrogens is 405 g/mol. The number of carbonyl (C=O) groups excluding carboxylic acids is 1. The molecule has 10 heteroatoms. The van der Waals surface area contributed by atoms with Crippen LogP contribution in [-0.4, -0.2) is 71.1 Å². The molecule has 166 valence electrons. The van der Waals surface area contributed by atoms with Crippen LogP contribution in [0.4, 0.5) is 13.2 Å². The normalized spacial score (nSPS) is 25.9. The van der Waals surface area contributed by atoms with Gasteiger partial charge in [-0.3, -0.25) is 9.78 Å². The van der Waals surface area contributed by atoms with Gasteiger partial charge < -0.3 is 19.5 Å². The Labute approximate surface area is 172 Å². The zero-order valence-electron chi connectivity index (χ0n) is 16.6. The van der Waals surface area contributed by atoms with E-state index in [1.54, 1.807) is 6.20 Å². The Hall–Kier alpha value is -2.20. The fourth-order valence-corrected chi connectivity index (χ4v) is 3.65. The Bertz CT molecular complexity index is 752. The molecule has 3 aliphatic rings. The van der Waals surface area contributed by atoms with Crippen LogP contribution in [0.2, 0.25) is 0 Å². The van der Waals surface area contributed by atoms with Crippen molar-refractivity contribution in [2.24, 2.45) is 5.92 Å². The summed E-state index contributed by atoms with van der Waals surface area (Å²) >= 11 is 0. The van der Waals surface area contributed by atoms with Gasteiger partial charge in [0.15, 0.2) is 0 Å². The van der Waals surface area contributed by atoms with Crippen LogP contribution < -0.4 is 0 Å². The third kappa shape index (κ3) is 5.69. The SMILES string of the molecule is Cc1ccc(C(=O)N2CCO[C@H]3[C@H](OCC4CC4)CC[C@@H]32)cn1.O=C(O)C(F)(F)F. The number of amides is 1. The lowest BCUT2D eigenvalue weighted by Crippen LogP contribution is -2.54. The second kappa shape index (κ2) is 9.30. The van der Waals surface area contributed by atoms with Gasteiger partial charge in [-0.15, -0.1) is 0 Å². The molecule has 4 rings (SSSR count). The van der Waals surface area contributed by atoms with Crippen molar-refractivity contribution >= 4 is 11.9 Å². The van der Waals surface area contributed by atoms with Gasteiger partial charge >= 0.3 is 12.1 Å². The summed E-state index contributed by atoms with van der Waals surface area (Å²) in [7, 11) is 0. The summed E-state index contributed by atoms with van der Waals surface area (Å²) in [5, 5.41) is 7.12. The molecule has 30 heavy (non-hydrogen) atoms. The van der Waals surface area contributed by atoms with E-state index < -0.39 is 12.1 Å². The van der Waals surface area contributed by atoms with Gasteiger partial charge in [0.2, 0.25) is 0 Å². The van der Waals surface area contributed by atoms with E-state index in [1.807, 2.05) is 24.0 Å². The van der Waals surface area contributed by atoms with Crippen molar-refractivity contribution in [1.82, 2.24) is 9.88 Å². The molecule has 0 radical (unpaired) electrons. The van der Waals surface area contributed by atoms with Crippen molar-refractivity contribution in [3.8, 4) is 0 Å². The quantitative estimate of drug-likeness (QED) is 0.790. The molecule has 2 heterocycles. The number of rotatable bonds is 4. The van der Waals surface area contributed by atoms with Crippen molar-refractivity contribution in [2.75, 3.05) is 19.8 Å². The van der Waals surface area contributed by atoms with E-state index in [0.29, 0.717) is 18.7 Å². The van der Waals surface area contributed by atoms with Crippen LogP contribution in [-0.2, 0) is 14.3 Å². The first-order valence-corrected chi connectivity index (χ1v) is 9.93. The topological polar surface area (TPSA) is 89.0 Å². The van der Waals surface area contributed by atoms with Gasteiger partial charge in [-0.1, -0.05) is 0 Å². The third-order valence-corrected chi connectivity index (χ3v) is 5.44. The van der Waals surface area contributed by atoms with E-state index >= 15 is 0 Å². The van der Waals surface area contributed by atoms with E-state index in [9.17, 15) is 18.0 Å². The molecule has 1 aromatic rings. The van der Waals surface area contributed by atoms with E-state index in [2.05, 4.69) is 4.98 Å². The Morgan fingerprint density at radius 1 is 1.27 bits per heavy atom. The van der Waals surface area contributed by atoms with Crippen LogP contribution in [0.3, 0.4) is 0 Å². The van der Waals surface area contributed by atoms with E-state index in [-0.39, 0.29) is 24.2 Å². The number of pyridine rings is 1. The van der Waals surface area contributed by atoms with Gasteiger partial charge in [-0.2, -0.15) is 13.2 Å². The number of aliphatic carboxylic acids is 1. The fourth-order valence-electron chi connectivity index (χ4n) is 3.65. The number of hydrogen-bond donors (Lipinski definition) is 1. The van der Waals surface area contributed by atoms with E-state index in [1.165, 1.54) is 12.8 Å². The minimum atomic E-state index is -5.08. The van der Waals surface area contributed by atoms with Gasteiger partial charge in [-0.05, 0) is 50.7 Å². The lowest BCUT2D eigenvalue weighted by atomic mass is 10.1. The molecule has 1 saturated heterocycles. The molecular formula is C20H25F3N2O5. The Morgan fingerprint density at radius 2 is 1.97 bits per heavy atom. The van der Waals surface area contributed by atoms with Gasteiger partial charge in [-0.25, -0.2) is 4.79 Å². The Balaban J connectivity index is 0.000000318. The zero-order valence-corrected chi connectivity index (χ0v) is 16.6. The number of halogens is 3. The molecule has 2 aliphatic carbocycles. The van der Waals surface area contributed by atoms with Crippen molar-refractivity contribution in [3.05, 3.63) is 29.6 Å². The lowest BCUT2D eigenvalue weighted by molar-refractivity contribution is -0.192. The van der Waals surface area contributed by atoms with E-state index in [4.69, 9.17) is 19.4 Å². The number of aryl methyl sites for hydroxylation is 1. The van der Waals surface area contributed by atoms with Gasteiger partial charge in [0.05, 0.1) is 24.3 Å². The first kappa shape index (κ1) is 22.5. The van der Waals surface area contributed by atoms with Crippen LogP contribution in [0.25, 0.3) is 0 Å². The van der Waals surface area contributed by atoms with Gasteiger partial charge in [0, 0.05) is 25.0 Å². The van der Waals surface area contributed by atoms with Crippen LogP contribution in [0.15, 0.2) is 18.3 Å². The van der Waals surface area contributed by atoms with Crippen LogP contribution in [0, 0.1) is 12.8 Å². The third-order valence-electron chi connectivity index (χ3n) is 5.44. The molecule has 0 aromatic carbocycles. The molecule has 1 N–H and O–H groups in total. The predicted octanol–water partition coefficient (Wildman–Crippen LogP) is 2.82. The maximum atomic E-state index is 12.8. The lowest BCUT2D eigenvalue weighted by Gasteiger charge is -2.39. The molecule has 1 aliphatic heterocycles. The molecule has 1 amide bonds. The zero-order chi connectivity index (χ0) is 21.9. The second-order valence-electron chi connectivity index (χ2n) is 7.78. The number of nitrogens with zero attached hydrogens (tertiary/aromatic N) is 2. The minimum Gasteiger partial charge on any atom is -0.475 e. The van der Waals surface area contributed by atoms with Gasteiger partial charge in [0.25, 0.3) is 5.91 Å². The highest BCUT2D eigenvalue weighted by Crippen LogP contribution is 2.35. The molecule has 7 nitrogen and oxygen atoms in total. The van der Waals surface area contributed by atoms with Gasteiger partial charge in [0.1, 0.15) is 6.10 Å². The number of carbonyl (C=O) groups is 2. The summed E-state index contributed by atoms with van der Waals surface area (Å²) in [6.07, 6.45) is 1.32. The van der Waals surface area contributed by atoms with Crippen LogP contribution in [0.1, 0.15) is 41.7 Å². The number of aromatic nitrogens is 1. The molecule has 3 atom stereocenters. The molecule has 2 saturated carbocycles. The highest BCUT2D eigenvalue weighted by Gasteiger charge is 2.45. The summed E-state index contributed by atoms with van der Waals surface area (Å²) < 4.78 is 43.8. The number of carboxylic acids is 1. The van der Waals surface area contributed by atoms with Crippen molar-refractivity contribution in [1.29, 1.82) is 0 Å². The largest absolute Gasteiger partial charge is 0.490 e. The summed E-state index contributed by atoms with van der Waals surface area (Å²) in [6.45, 7) is 4.03. The summed E-state index contributed by atoms with van der Waals surface area (Å²) in [6, 6.07) is 3.90. The number of alkyl halides is 3. The average molecular weight is 430 g/mol. The number of fused-ring (bicyclic) bond motifs is 1. The van der Waals surface area contributed by atoms with Crippen molar-refractivity contribution < 1.29 is 37.3 Å². The maximum Gasteiger partial charge on any atom is 0.490 e. The number of carboxylic acid groups (broad SMARTS) is 1. The molecule has 0 spiro atoms. The van der Waals surface area contributed by atoms with Crippen LogP contribution >= 0.6 is 0 Å².